The molecule has 0 fully saturated rings. The van der Waals surface area contributed by atoms with Crippen molar-refractivity contribution in [3.05, 3.63) is 52.4 Å². The van der Waals surface area contributed by atoms with Crippen molar-refractivity contribution in [3.8, 4) is 0 Å². The quantitative estimate of drug-likeness (QED) is 0.926. The van der Waals surface area contributed by atoms with Crippen LogP contribution in [0.4, 0.5) is 0 Å². The van der Waals surface area contributed by atoms with Crippen molar-refractivity contribution >= 4 is 5.78 Å². The molecule has 0 radical (unpaired) electrons. The lowest BCUT2D eigenvalue weighted by molar-refractivity contribution is -0.130. The summed E-state index contributed by atoms with van der Waals surface area (Å²) < 4.78 is 5.34. The van der Waals surface area contributed by atoms with E-state index in [1.807, 2.05) is 38.1 Å². The monoisotopic (exact) mass is 299 g/mol. The van der Waals surface area contributed by atoms with E-state index in [2.05, 4.69) is 5.16 Å². The summed E-state index contributed by atoms with van der Waals surface area (Å²) in [5.41, 5.74) is 2.75. The Balaban J connectivity index is 2.23. The standard InChI is InChI=1S/C18H21NO3/c1-10-5-7-13(8-6-10)16-15-12(3)22-19-14(15)9-18(4,21)17(16)11(2)20/h5-8,16-17,21H,9H2,1-4H3/t16-,17+,18-/m0/s1. The van der Waals surface area contributed by atoms with Crippen LogP contribution in [-0.2, 0) is 11.2 Å². The molecule has 0 unspecified atom stereocenters. The summed E-state index contributed by atoms with van der Waals surface area (Å²) in [7, 11) is 0. The van der Waals surface area contributed by atoms with Crippen LogP contribution in [0.1, 0.15) is 47.9 Å². The summed E-state index contributed by atoms with van der Waals surface area (Å²) in [6.07, 6.45) is 0.340. The lowest BCUT2D eigenvalue weighted by Crippen LogP contribution is -2.48. The number of aryl methyl sites for hydroxylation is 2. The van der Waals surface area contributed by atoms with Gasteiger partial charge in [-0.25, -0.2) is 0 Å². The van der Waals surface area contributed by atoms with Crippen LogP contribution in [0.2, 0.25) is 0 Å². The van der Waals surface area contributed by atoms with E-state index in [0.717, 1.165) is 28.1 Å². The largest absolute Gasteiger partial charge is 0.389 e. The zero-order chi connectivity index (χ0) is 16.1. The fourth-order valence-corrected chi connectivity index (χ4v) is 3.73. The molecular formula is C18H21NO3. The van der Waals surface area contributed by atoms with Crippen molar-refractivity contribution in [3.63, 3.8) is 0 Å². The molecule has 0 saturated carbocycles. The number of hydrogen-bond acceptors (Lipinski definition) is 4. The first kappa shape index (κ1) is 15.0. The fraction of sp³-hybridized carbons (Fsp3) is 0.444. The molecule has 2 aromatic rings. The number of Topliss-reactive ketones (excluding diaryl/α,β-unsaturated/α-hetero) is 1. The van der Waals surface area contributed by atoms with Crippen LogP contribution in [0.3, 0.4) is 0 Å². The zero-order valence-electron chi connectivity index (χ0n) is 13.4. The van der Waals surface area contributed by atoms with E-state index in [1.165, 1.54) is 0 Å². The first-order chi connectivity index (χ1) is 10.3. The van der Waals surface area contributed by atoms with Crippen molar-refractivity contribution in [2.24, 2.45) is 5.92 Å². The molecule has 1 aliphatic carbocycles. The van der Waals surface area contributed by atoms with Crippen LogP contribution >= 0.6 is 0 Å². The van der Waals surface area contributed by atoms with Gasteiger partial charge in [0.2, 0.25) is 0 Å². The van der Waals surface area contributed by atoms with E-state index >= 15 is 0 Å². The smallest absolute Gasteiger partial charge is 0.137 e. The Labute approximate surface area is 130 Å². The minimum absolute atomic E-state index is 0.0122. The molecule has 1 aromatic heterocycles. The molecule has 0 saturated heterocycles. The second kappa shape index (κ2) is 5.06. The number of carbonyl (C=O) groups excluding carboxylic acids is 1. The summed E-state index contributed by atoms with van der Waals surface area (Å²) in [6.45, 7) is 7.16. The number of fused-ring (bicyclic) bond motifs is 1. The maximum Gasteiger partial charge on any atom is 0.137 e. The fourth-order valence-electron chi connectivity index (χ4n) is 3.73. The lowest BCUT2D eigenvalue weighted by Gasteiger charge is -2.40. The van der Waals surface area contributed by atoms with Crippen molar-refractivity contribution in [2.75, 3.05) is 0 Å². The van der Waals surface area contributed by atoms with E-state index in [0.29, 0.717) is 6.42 Å². The summed E-state index contributed by atoms with van der Waals surface area (Å²) >= 11 is 0. The van der Waals surface area contributed by atoms with Gasteiger partial charge in [-0.05, 0) is 33.3 Å². The second-order valence-electron chi connectivity index (χ2n) is 6.61. The Morgan fingerprint density at radius 3 is 2.55 bits per heavy atom. The van der Waals surface area contributed by atoms with Gasteiger partial charge in [0.15, 0.2) is 0 Å². The van der Waals surface area contributed by atoms with Crippen LogP contribution in [0, 0.1) is 19.8 Å². The molecule has 3 atom stereocenters. The molecule has 0 aliphatic heterocycles. The van der Waals surface area contributed by atoms with Crippen LogP contribution in [-0.4, -0.2) is 21.6 Å². The minimum Gasteiger partial charge on any atom is -0.389 e. The average Bonchev–Trinajstić information content (AvgIpc) is 2.77. The number of aromatic nitrogens is 1. The summed E-state index contributed by atoms with van der Waals surface area (Å²) in [5.74, 6) is -0.00643. The van der Waals surface area contributed by atoms with Gasteiger partial charge in [-0.3, -0.25) is 4.79 Å². The molecule has 3 rings (SSSR count). The van der Waals surface area contributed by atoms with Crippen LogP contribution < -0.4 is 0 Å². The van der Waals surface area contributed by atoms with Gasteiger partial charge < -0.3 is 9.63 Å². The molecule has 1 aliphatic rings. The molecular weight excluding hydrogens is 278 g/mol. The third-order valence-electron chi connectivity index (χ3n) is 4.70. The number of ketones is 1. The summed E-state index contributed by atoms with van der Waals surface area (Å²) in [5, 5.41) is 14.9. The SMILES string of the molecule is CC(=O)[C@@H]1[C@@H](c2ccc(C)cc2)c2c(noc2C)C[C@]1(C)O. The molecule has 0 spiro atoms. The van der Waals surface area contributed by atoms with Crippen molar-refractivity contribution in [1.82, 2.24) is 5.16 Å². The predicted molar refractivity (Wildman–Crippen MR) is 82.8 cm³/mol. The van der Waals surface area contributed by atoms with Gasteiger partial charge in [-0.15, -0.1) is 0 Å². The van der Waals surface area contributed by atoms with E-state index in [4.69, 9.17) is 4.52 Å². The molecule has 0 amide bonds. The highest BCUT2D eigenvalue weighted by molar-refractivity contribution is 5.82. The molecule has 1 aromatic carbocycles. The van der Waals surface area contributed by atoms with Crippen molar-refractivity contribution in [2.45, 2.75) is 45.6 Å². The summed E-state index contributed by atoms with van der Waals surface area (Å²) in [4.78, 5) is 12.3. The predicted octanol–water partition coefficient (Wildman–Crippen LogP) is 2.94. The number of hydrogen-bond donors (Lipinski definition) is 1. The van der Waals surface area contributed by atoms with E-state index in [9.17, 15) is 9.90 Å². The molecule has 22 heavy (non-hydrogen) atoms. The van der Waals surface area contributed by atoms with Gasteiger partial charge in [-0.2, -0.15) is 0 Å². The first-order valence-corrected chi connectivity index (χ1v) is 7.55. The Bertz CT molecular complexity index is 712. The van der Waals surface area contributed by atoms with E-state index in [1.54, 1.807) is 13.8 Å². The highest BCUT2D eigenvalue weighted by Gasteiger charge is 2.49. The number of carbonyl (C=O) groups is 1. The summed E-state index contributed by atoms with van der Waals surface area (Å²) in [6, 6.07) is 8.10. The van der Waals surface area contributed by atoms with Gasteiger partial charge in [0.05, 0.1) is 17.2 Å². The van der Waals surface area contributed by atoms with Gasteiger partial charge in [0, 0.05) is 17.9 Å². The normalized spacial score (nSPS) is 27.5. The average molecular weight is 299 g/mol. The third kappa shape index (κ3) is 2.28. The molecule has 1 heterocycles. The van der Waals surface area contributed by atoms with Crippen LogP contribution in [0.25, 0.3) is 0 Å². The Kier molecular flexibility index (Phi) is 3.44. The van der Waals surface area contributed by atoms with Crippen molar-refractivity contribution in [1.29, 1.82) is 0 Å². The second-order valence-corrected chi connectivity index (χ2v) is 6.61. The number of benzene rings is 1. The topological polar surface area (TPSA) is 63.3 Å². The van der Waals surface area contributed by atoms with Crippen LogP contribution in [0.15, 0.2) is 28.8 Å². The highest BCUT2D eigenvalue weighted by atomic mass is 16.5. The number of rotatable bonds is 2. The molecule has 116 valence electrons. The van der Waals surface area contributed by atoms with E-state index in [-0.39, 0.29) is 11.7 Å². The van der Waals surface area contributed by atoms with E-state index < -0.39 is 11.5 Å². The Hall–Kier alpha value is -1.94. The molecule has 1 N–H and O–H groups in total. The number of aliphatic hydroxyl groups is 1. The number of nitrogens with zero attached hydrogens (tertiary/aromatic N) is 1. The lowest BCUT2D eigenvalue weighted by atomic mass is 9.64. The van der Waals surface area contributed by atoms with Crippen molar-refractivity contribution < 1.29 is 14.4 Å². The zero-order valence-corrected chi connectivity index (χ0v) is 13.4. The Morgan fingerprint density at radius 1 is 1.32 bits per heavy atom. The minimum atomic E-state index is -1.13. The molecule has 0 bridgehead atoms. The van der Waals surface area contributed by atoms with Gasteiger partial charge >= 0.3 is 0 Å². The maximum absolute atomic E-state index is 12.3. The first-order valence-electron chi connectivity index (χ1n) is 7.55. The molecule has 4 heteroatoms. The van der Waals surface area contributed by atoms with Gasteiger partial charge in [0.25, 0.3) is 0 Å². The molecule has 4 nitrogen and oxygen atoms in total. The van der Waals surface area contributed by atoms with Gasteiger partial charge in [0.1, 0.15) is 11.5 Å². The Morgan fingerprint density at radius 2 is 1.95 bits per heavy atom. The van der Waals surface area contributed by atoms with Gasteiger partial charge in [-0.1, -0.05) is 35.0 Å². The third-order valence-corrected chi connectivity index (χ3v) is 4.70. The van der Waals surface area contributed by atoms with Crippen LogP contribution in [0.5, 0.6) is 0 Å². The highest BCUT2D eigenvalue weighted by Crippen LogP contribution is 2.47. The maximum atomic E-state index is 12.3.